The lowest BCUT2D eigenvalue weighted by Gasteiger charge is -2.43. The van der Waals surface area contributed by atoms with Crippen molar-refractivity contribution in [3.63, 3.8) is 0 Å². The lowest BCUT2D eigenvalue weighted by Crippen LogP contribution is -2.71. The van der Waals surface area contributed by atoms with Crippen LogP contribution in [-0.2, 0) is 9.53 Å². The van der Waals surface area contributed by atoms with Crippen LogP contribution in [0.4, 0.5) is 10.5 Å². The van der Waals surface area contributed by atoms with E-state index in [2.05, 4.69) is 15.3 Å². The number of primary amides is 1. The second kappa shape index (κ2) is 6.72. The number of nitro benzene ring substituents is 1. The van der Waals surface area contributed by atoms with Gasteiger partial charge in [0.25, 0.3) is 5.69 Å². The number of hydrogen-bond donors (Lipinski definition) is 4. The lowest BCUT2D eigenvalue weighted by atomic mass is 9.89. The summed E-state index contributed by atoms with van der Waals surface area (Å²) in [7, 11) is 0. The number of carbonyl (C=O) groups excluding carboxylic acids is 2. The molecule has 0 saturated carbocycles. The van der Waals surface area contributed by atoms with Crippen LogP contribution in [0.5, 0.6) is 0 Å². The van der Waals surface area contributed by atoms with Crippen LogP contribution >= 0.6 is 0 Å². The average molecular weight is 414 g/mol. The van der Waals surface area contributed by atoms with Crippen molar-refractivity contribution in [2.75, 3.05) is 13.2 Å². The van der Waals surface area contributed by atoms with E-state index in [1.165, 1.54) is 12.1 Å². The SMILES string of the molecule is NC(=O)OC[C@@H]1N=C(N)N2C/C(=C/c3ccc([N+](=O)[O-])cc3)C(=O)[C@@]23NC(N)=N[C@H]13. The molecule has 0 bridgehead atoms. The predicted molar refractivity (Wildman–Crippen MR) is 105 cm³/mol. The van der Waals surface area contributed by atoms with Crippen molar-refractivity contribution in [2.24, 2.45) is 27.2 Å². The molecule has 0 radical (unpaired) electrons. The third-order valence-corrected chi connectivity index (χ3v) is 5.20. The zero-order valence-corrected chi connectivity index (χ0v) is 15.5. The first-order chi connectivity index (χ1) is 14.2. The number of rotatable bonds is 4. The average Bonchev–Trinajstić information content (AvgIpc) is 3.18. The van der Waals surface area contributed by atoms with Crippen LogP contribution in [0.3, 0.4) is 0 Å². The molecule has 3 aliphatic heterocycles. The maximum Gasteiger partial charge on any atom is 0.404 e. The van der Waals surface area contributed by atoms with Gasteiger partial charge in [0.2, 0.25) is 11.4 Å². The highest BCUT2D eigenvalue weighted by Crippen LogP contribution is 2.39. The molecule has 13 heteroatoms. The van der Waals surface area contributed by atoms with Crippen molar-refractivity contribution in [1.29, 1.82) is 0 Å². The third-order valence-electron chi connectivity index (χ3n) is 5.20. The zero-order chi connectivity index (χ0) is 21.6. The number of carbonyl (C=O) groups is 2. The van der Waals surface area contributed by atoms with Crippen LogP contribution in [0.25, 0.3) is 6.08 Å². The number of non-ortho nitro benzene ring substituents is 1. The minimum absolute atomic E-state index is 0.0314. The Labute approximate surface area is 169 Å². The molecule has 0 unspecified atom stereocenters. The molecule has 1 amide bonds. The number of hydrogen-bond acceptors (Lipinski definition) is 11. The Hall–Kier alpha value is -4.16. The van der Waals surface area contributed by atoms with Gasteiger partial charge in [-0.25, -0.2) is 14.8 Å². The molecule has 0 aliphatic carbocycles. The Morgan fingerprint density at radius 2 is 2.07 bits per heavy atom. The third kappa shape index (κ3) is 2.87. The molecule has 1 spiro atoms. The van der Waals surface area contributed by atoms with Crippen molar-refractivity contribution >= 4 is 35.6 Å². The van der Waals surface area contributed by atoms with Gasteiger partial charge in [-0.1, -0.05) is 0 Å². The lowest BCUT2D eigenvalue weighted by molar-refractivity contribution is -0.384. The number of nitrogens with one attached hydrogen (secondary N) is 1. The van der Waals surface area contributed by atoms with Gasteiger partial charge in [-0.2, -0.15) is 0 Å². The number of nitrogens with zero attached hydrogens (tertiary/aromatic N) is 4. The summed E-state index contributed by atoms with van der Waals surface area (Å²) in [5.41, 5.74) is 16.5. The predicted octanol–water partition coefficient (Wildman–Crippen LogP) is -1.36. The van der Waals surface area contributed by atoms with Crippen molar-refractivity contribution in [2.45, 2.75) is 17.7 Å². The Morgan fingerprint density at radius 3 is 2.70 bits per heavy atom. The van der Waals surface area contributed by atoms with Gasteiger partial charge in [0, 0.05) is 17.7 Å². The van der Waals surface area contributed by atoms with Gasteiger partial charge in [-0.15, -0.1) is 0 Å². The van der Waals surface area contributed by atoms with Crippen molar-refractivity contribution in [3.05, 3.63) is 45.5 Å². The van der Waals surface area contributed by atoms with Crippen LogP contribution in [0.15, 0.2) is 39.8 Å². The fraction of sp³-hybridized carbons (Fsp3) is 0.294. The van der Waals surface area contributed by atoms with E-state index >= 15 is 0 Å². The first-order valence-corrected chi connectivity index (χ1v) is 8.87. The van der Waals surface area contributed by atoms with E-state index in [1.807, 2.05) is 0 Å². The summed E-state index contributed by atoms with van der Waals surface area (Å²) in [4.78, 5) is 44.9. The molecule has 30 heavy (non-hydrogen) atoms. The van der Waals surface area contributed by atoms with Crippen LogP contribution in [0.2, 0.25) is 0 Å². The fourth-order valence-corrected chi connectivity index (χ4v) is 3.93. The molecule has 4 rings (SSSR count). The second-order valence-corrected chi connectivity index (χ2v) is 6.97. The maximum absolute atomic E-state index is 13.4. The zero-order valence-electron chi connectivity index (χ0n) is 15.5. The summed E-state index contributed by atoms with van der Waals surface area (Å²) in [5.74, 6) is -0.233. The Kier molecular flexibility index (Phi) is 4.29. The molecule has 3 heterocycles. The number of ketones is 1. The van der Waals surface area contributed by atoms with E-state index in [0.29, 0.717) is 11.1 Å². The molecule has 1 aromatic rings. The van der Waals surface area contributed by atoms with Crippen LogP contribution in [0.1, 0.15) is 5.56 Å². The van der Waals surface area contributed by atoms with Gasteiger partial charge in [-0.05, 0) is 23.8 Å². The first-order valence-electron chi connectivity index (χ1n) is 8.87. The molecule has 0 aromatic heterocycles. The van der Waals surface area contributed by atoms with Crippen LogP contribution < -0.4 is 22.5 Å². The molecule has 3 atom stereocenters. The van der Waals surface area contributed by atoms with E-state index in [1.54, 1.807) is 23.1 Å². The molecule has 3 aliphatic rings. The number of benzene rings is 1. The summed E-state index contributed by atoms with van der Waals surface area (Å²) in [6.45, 7) is -0.0930. The van der Waals surface area contributed by atoms with E-state index < -0.39 is 28.8 Å². The number of nitro groups is 1. The smallest absolute Gasteiger partial charge is 0.404 e. The van der Waals surface area contributed by atoms with Gasteiger partial charge in [0.15, 0.2) is 11.9 Å². The van der Waals surface area contributed by atoms with E-state index in [-0.39, 0.29) is 36.5 Å². The number of aliphatic imine (C=N–C) groups is 2. The Bertz CT molecular complexity index is 1030. The van der Waals surface area contributed by atoms with E-state index in [0.717, 1.165) is 0 Å². The highest BCUT2D eigenvalue weighted by molar-refractivity contribution is 6.14. The van der Waals surface area contributed by atoms with E-state index in [4.69, 9.17) is 21.9 Å². The number of guanidine groups is 2. The highest BCUT2D eigenvalue weighted by Gasteiger charge is 2.64. The van der Waals surface area contributed by atoms with Crippen molar-refractivity contribution in [3.8, 4) is 0 Å². The number of Topliss-reactive ketones (excluding diaryl/α,β-unsaturated/α-hetero) is 1. The van der Waals surface area contributed by atoms with Gasteiger partial charge in [0.1, 0.15) is 18.7 Å². The van der Waals surface area contributed by atoms with Crippen LogP contribution in [0, 0.1) is 10.1 Å². The second-order valence-electron chi connectivity index (χ2n) is 6.97. The Balaban J connectivity index is 1.69. The van der Waals surface area contributed by atoms with Crippen molar-refractivity contribution < 1.29 is 19.2 Å². The molecule has 156 valence electrons. The Morgan fingerprint density at radius 1 is 1.37 bits per heavy atom. The summed E-state index contributed by atoms with van der Waals surface area (Å²) < 4.78 is 4.85. The molecular formula is C17H18N8O5. The minimum Gasteiger partial charge on any atom is -0.447 e. The number of ether oxygens (including phenoxy) is 1. The normalized spacial score (nSPS) is 28.3. The standard InChI is InChI=1S/C17H18N8O5/c18-14-22-12-11(7-30-16(20)27)21-15(19)24-6-9(13(26)17(12,24)23-14)5-8-1-3-10(4-2-8)25(28)29/h1-5,11-12H,6-7H2,(H2,19,21)(H2,20,27)(H3,18,22,23)/b9-5-/t11-,12+,17-/m0/s1. The molecule has 1 aromatic carbocycles. The minimum atomic E-state index is -1.39. The van der Waals surface area contributed by atoms with Gasteiger partial charge >= 0.3 is 6.09 Å². The molecule has 13 nitrogen and oxygen atoms in total. The van der Waals surface area contributed by atoms with Crippen molar-refractivity contribution in [1.82, 2.24) is 10.2 Å². The topological polar surface area (TPSA) is 205 Å². The quantitative estimate of drug-likeness (QED) is 0.260. The first kappa shape index (κ1) is 19.2. The summed E-state index contributed by atoms with van der Waals surface area (Å²) in [6.07, 6.45) is 0.633. The number of nitrogens with two attached hydrogens (primary N) is 3. The summed E-state index contributed by atoms with van der Waals surface area (Å²) in [5, 5.41) is 13.7. The van der Waals surface area contributed by atoms with Gasteiger partial charge < -0.3 is 32.2 Å². The summed E-state index contributed by atoms with van der Waals surface area (Å²) >= 11 is 0. The molecule has 1 fully saturated rings. The van der Waals surface area contributed by atoms with E-state index in [9.17, 15) is 19.7 Å². The molecule has 7 N–H and O–H groups in total. The highest BCUT2D eigenvalue weighted by atomic mass is 16.6. The fourth-order valence-electron chi connectivity index (χ4n) is 3.93. The van der Waals surface area contributed by atoms with Crippen LogP contribution in [-0.4, -0.2) is 64.5 Å². The summed E-state index contributed by atoms with van der Waals surface area (Å²) in [6, 6.07) is 4.23. The largest absolute Gasteiger partial charge is 0.447 e. The molecule has 1 saturated heterocycles. The monoisotopic (exact) mass is 414 g/mol. The van der Waals surface area contributed by atoms with Gasteiger partial charge in [-0.3, -0.25) is 14.9 Å². The molecular weight excluding hydrogens is 396 g/mol. The number of amides is 1. The van der Waals surface area contributed by atoms with Gasteiger partial charge in [0.05, 0.1) is 11.5 Å². The maximum atomic E-state index is 13.4.